The molecule has 1 N–H and O–H groups in total. The minimum absolute atomic E-state index is 0.0278. The SMILES string of the molecule is CCOc1ccc(C(=O)NSC2CC2)cc1. The molecule has 0 spiro atoms. The van der Waals surface area contributed by atoms with Gasteiger partial charge in [0.25, 0.3) is 5.91 Å². The first-order valence-electron chi connectivity index (χ1n) is 5.48. The van der Waals surface area contributed by atoms with E-state index in [1.807, 2.05) is 19.1 Å². The Bertz CT molecular complexity index is 360. The van der Waals surface area contributed by atoms with E-state index in [4.69, 9.17) is 4.74 Å². The summed E-state index contributed by atoms with van der Waals surface area (Å²) in [7, 11) is 0. The van der Waals surface area contributed by atoms with Crippen molar-refractivity contribution in [1.82, 2.24) is 4.72 Å². The van der Waals surface area contributed by atoms with Gasteiger partial charge in [0.1, 0.15) is 5.75 Å². The van der Waals surface area contributed by atoms with Crippen LogP contribution in [0.15, 0.2) is 24.3 Å². The van der Waals surface area contributed by atoms with E-state index >= 15 is 0 Å². The molecule has 16 heavy (non-hydrogen) atoms. The van der Waals surface area contributed by atoms with Crippen molar-refractivity contribution in [2.24, 2.45) is 0 Å². The number of nitrogens with one attached hydrogen (secondary N) is 1. The smallest absolute Gasteiger partial charge is 0.261 e. The molecule has 1 aromatic carbocycles. The first-order chi connectivity index (χ1) is 7.79. The number of hydrogen-bond donors (Lipinski definition) is 1. The van der Waals surface area contributed by atoms with Gasteiger partial charge in [-0.2, -0.15) is 0 Å². The molecule has 1 amide bonds. The Morgan fingerprint density at radius 3 is 2.69 bits per heavy atom. The highest BCUT2D eigenvalue weighted by atomic mass is 32.2. The van der Waals surface area contributed by atoms with E-state index in [1.165, 1.54) is 24.8 Å². The van der Waals surface area contributed by atoms with Crippen LogP contribution in [-0.2, 0) is 0 Å². The average Bonchev–Trinajstić information content (AvgIpc) is 3.11. The van der Waals surface area contributed by atoms with Gasteiger partial charge in [-0.05, 0) is 56.0 Å². The Morgan fingerprint density at radius 1 is 1.44 bits per heavy atom. The molecule has 4 heteroatoms. The summed E-state index contributed by atoms with van der Waals surface area (Å²) < 4.78 is 8.16. The van der Waals surface area contributed by atoms with Crippen LogP contribution in [0.2, 0.25) is 0 Å². The molecule has 2 rings (SSSR count). The molecule has 3 nitrogen and oxygen atoms in total. The lowest BCUT2D eigenvalue weighted by molar-refractivity contribution is 0.0984. The van der Waals surface area contributed by atoms with Crippen molar-refractivity contribution in [3.8, 4) is 5.75 Å². The van der Waals surface area contributed by atoms with Crippen LogP contribution in [0, 0.1) is 0 Å². The first kappa shape index (κ1) is 11.3. The van der Waals surface area contributed by atoms with Crippen molar-refractivity contribution in [2.45, 2.75) is 25.0 Å². The standard InChI is InChI=1S/C12H15NO2S/c1-2-15-10-5-3-9(4-6-10)12(14)13-16-11-7-8-11/h3-6,11H,2,7-8H2,1H3,(H,13,14). The minimum Gasteiger partial charge on any atom is -0.494 e. The lowest BCUT2D eigenvalue weighted by Crippen LogP contribution is -2.16. The van der Waals surface area contributed by atoms with Gasteiger partial charge in [0, 0.05) is 10.8 Å². The molecule has 0 saturated heterocycles. The van der Waals surface area contributed by atoms with Crippen molar-refractivity contribution >= 4 is 17.9 Å². The molecule has 0 heterocycles. The maximum absolute atomic E-state index is 11.7. The molecule has 1 aliphatic rings. The lowest BCUT2D eigenvalue weighted by Gasteiger charge is -2.05. The first-order valence-corrected chi connectivity index (χ1v) is 6.36. The number of rotatable bonds is 5. The molecule has 1 saturated carbocycles. The zero-order valence-electron chi connectivity index (χ0n) is 9.23. The highest BCUT2D eigenvalue weighted by Crippen LogP contribution is 2.31. The van der Waals surface area contributed by atoms with Crippen LogP contribution >= 0.6 is 11.9 Å². The van der Waals surface area contributed by atoms with E-state index in [2.05, 4.69) is 4.72 Å². The van der Waals surface area contributed by atoms with Gasteiger partial charge in [-0.15, -0.1) is 0 Å². The average molecular weight is 237 g/mol. The van der Waals surface area contributed by atoms with Gasteiger partial charge in [-0.25, -0.2) is 0 Å². The van der Waals surface area contributed by atoms with E-state index in [-0.39, 0.29) is 5.91 Å². The van der Waals surface area contributed by atoms with E-state index in [0.717, 1.165) is 5.75 Å². The van der Waals surface area contributed by atoms with Crippen LogP contribution in [0.25, 0.3) is 0 Å². The fourth-order valence-electron chi connectivity index (χ4n) is 1.25. The van der Waals surface area contributed by atoms with Crippen LogP contribution in [0.4, 0.5) is 0 Å². The quantitative estimate of drug-likeness (QED) is 0.800. The van der Waals surface area contributed by atoms with Gasteiger partial charge >= 0.3 is 0 Å². The topological polar surface area (TPSA) is 38.3 Å². The van der Waals surface area contributed by atoms with Crippen molar-refractivity contribution in [2.75, 3.05) is 6.61 Å². The third-order valence-electron chi connectivity index (χ3n) is 2.27. The molecule has 0 aliphatic heterocycles. The number of carbonyl (C=O) groups excluding carboxylic acids is 1. The summed E-state index contributed by atoms with van der Waals surface area (Å²) in [6.07, 6.45) is 2.43. The second kappa shape index (κ2) is 5.25. The summed E-state index contributed by atoms with van der Waals surface area (Å²) in [4.78, 5) is 11.7. The fraction of sp³-hybridized carbons (Fsp3) is 0.417. The summed E-state index contributed by atoms with van der Waals surface area (Å²) in [5, 5.41) is 0.631. The predicted molar refractivity (Wildman–Crippen MR) is 65.7 cm³/mol. The maximum atomic E-state index is 11.7. The van der Waals surface area contributed by atoms with Crippen LogP contribution in [-0.4, -0.2) is 17.8 Å². The van der Waals surface area contributed by atoms with E-state index in [1.54, 1.807) is 12.1 Å². The zero-order valence-corrected chi connectivity index (χ0v) is 10.0. The molecule has 0 bridgehead atoms. The molecule has 1 fully saturated rings. The minimum atomic E-state index is -0.0278. The third-order valence-corrected chi connectivity index (χ3v) is 3.38. The summed E-state index contributed by atoms with van der Waals surface area (Å²) in [6, 6.07) is 7.21. The third kappa shape index (κ3) is 3.17. The number of benzene rings is 1. The van der Waals surface area contributed by atoms with E-state index < -0.39 is 0 Å². The molecule has 0 atom stereocenters. The largest absolute Gasteiger partial charge is 0.494 e. The molecule has 1 aliphatic carbocycles. The lowest BCUT2D eigenvalue weighted by atomic mass is 10.2. The number of carbonyl (C=O) groups is 1. The van der Waals surface area contributed by atoms with Crippen LogP contribution < -0.4 is 9.46 Å². The molecule has 0 aromatic heterocycles. The van der Waals surface area contributed by atoms with Gasteiger partial charge in [0.2, 0.25) is 0 Å². The Balaban J connectivity index is 1.88. The van der Waals surface area contributed by atoms with E-state index in [9.17, 15) is 4.79 Å². The Kier molecular flexibility index (Phi) is 3.72. The highest BCUT2D eigenvalue weighted by molar-refractivity contribution is 7.98. The summed E-state index contributed by atoms with van der Waals surface area (Å²) >= 11 is 1.53. The van der Waals surface area contributed by atoms with Gasteiger partial charge in [-0.1, -0.05) is 0 Å². The number of amides is 1. The van der Waals surface area contributed by atoms with Crippen molar-refractivity contribution in [3.63, 3.8) is 0 Å². The Morgan fingerprint density at radius 2 is 2.12 bits per heavy atom. The predicted octanol–water partition coefficient (Wildman–Crippen LogP) is 2.63. The summed E-state index contributed by atoms with van der Waals surface area (Å²) in [6.45, 7) is 2.58. The molecule has 1 aromatic rings. The fourth-order valence-corrected chi connectivity index (χ4v) is 2.01. The maximum Gasteiger partial charge on any atom is 0.261 e. The van der Waals surface area contributed by atoms with Crippen molar-refractivity contribution in [3.05, 3.63) is 29.8 Å². The highest BCUT2D eigenvalue weighted by Gasteiger charge is 2.23. The summed E-state index contributed by atoms with van der Waals surface area (Å²) in [5.74, 6) is 0.772. The second-order valence-electron chi connectivity index (χ2n) is 3.71. The van der Waals surface area contributed by atoms with Crippen molar-refractivity contribution < 1.29 is 9.53 Å². The molecule has 0 radical (unpaired) electrons. The van der Waals surface area contributed by atoms with E-state index in [0.29, 0.717) is 17.4 Å². The van der Waals surface area contributed by atoms with Gasteiger partial charge in [-0.3, -0.25) is 9.52 Å². The van der Waals surface area contributed by atoms with Crippen LogP contribution in [0.1, 0.15) is 30.1 Å². The molecule has 86 valence electrons. The zero-order chi connectivity index (χ0) is 11.4. The molecule has 0 unspecified atom stereocenters. The Labute approximate surface area is 99.7 Å². The monoisotopic (exact) mass is 237 g/mol. The number of hydrogen-bond acceptors (Lipinski definition) is 3. The second-order valence-corrected chi connectivity index (χ2v) is 4.81. The Hall–Kier alpha value is -1.16. The normalized spacial score (nSPS) is 14.6. The molecular weight excluding hydrogens is 222 g/mol. The van der Waals surface area contributed by atoms with Crippen LogP contribution in [0.3, 0.4) is 0 Å². The summed E-state index contributed by atoms with van der Waals surface area (Å²) in [5.41, 5.74) is 0.677. The van der Waals surface area contributed by atoms with Crippen molar-refractivity contribution in [1.29, 1.82) is 0 Å². The van der Waals surface area contributed by atoms with Crippen LogP contribution in [0.5, 0.6) is 5.75 Å². The number of ether oxygens (including phenoxy) is 1. The van der Waals surface area contributed by atoms with Gasteiger partial charge in [0.15, 0.2) is 0 Å². The van der Waals surface area contributed by atoms with Gasteiger partial charge < -0.3 is 4.74 Å². The molecular formula is C12H15NO2S. The van der Waals surface area contributed by atoms with Gasteiger partial charge in [0.05, 0.1) is 6.61 Å².